The zero-order valence-corrected chi connectivity index (χ0v) is 14.1. The first-order chi connectivity index (χ1) is 9.75. The van der Waals surface area contributed by atoms with E-state index in [4.69, 9.17) is 0 Å². The summed E-state index contributed by atoms with van der Waals surface area (Å²) < 4.78 is 0. The predicted octanol–water partition coefficient (Wildman–Crippen LogP) is 5.71. The van der Waals surface area contributed by atoms with Gasteiger partial charge in [-0.25, -0.2) is 0 Å². The van der Waals surface area contributed by atoms with Crippen LogP contribution in [-0.2, 0) is 14.6 Å². The van der Waals surface area contributed by atoms with E-state index < -0.39 is 0 Å². The van der Waals surface area contributed by atoms with Crippen molar-refractivity contribution in [2.45, 2.75) is 13.8 Å². The fourth-order valence-electron chi connectivity index (χ4n) is 1.55. The zero-order chi connectivity index (χ0) is 14.8. The Morgan fingerprint density at radius 1 is 0.714 bits per heavy atom. The topological polar surface area (TPSA) is 24.7 Å². The van der Waals surface area contributed by atoms with E-state index in [1.807, 2.05) is 74.5 Å². The van der Waals surface area contributed by atoms with Gasteiger partial charge in [-0.15, -0.1) is 0 Å². The molecule has 2 aromatic rings. The van der Waals surface area contributed by atoms with E-state index in [9.17, 15) is 0 Å². The van der Waals surface area contributed by atoms with Crippen LogP contribution in [-0.4, -0.2) is 11.4 Å². The standard InChI is InChI=1S/C16H16N2.CH3.ClH.Ni/c1-13(17-15-9-5-3-6-10-15)14(2)18-16-11-7-4-8-12-16;;;/h3-12H,1-2H3;1H3;1H;/q;-1;;+1/p-1. The number of benzene rings is 2. The summed E-state index contributed by atoms with van der Waals surface area (Å²) in [5.74, 6) is 0. The van der Waals surface area contributed by atoms with E-state index in [2.05, 4.69) is 34.8 Å². The van der Waals surface area contributed by atoms with Crippen LogP contribution in [0.1, 0.15) is 13.8 Å². The van der Waals surface area contributed by atoms with Gasteiger partial charge in [-0.3, -0.25) is 9.98 Å². The van der Waals surface area contributed by atoms with E-state index in [1.165, 1.54) is 0 Å². The fraction of sp³-hybridized carbons (Fsp3) is 0.118. The average molecular weight is 345 g/mol. The molecule has 4 heteroatoms. The summed E-state index contributed by atoms with van der Waals surface area (Å²) in [6.45, 7) is 3.96. The molecule has 0 atom stereocenters. The maximum absolute atomic E-state index is 4.54. The number of nitrogens with zero attached hydrogens (tertiary/aromatic N) is 2. The molecule has 0 amide bonds. The van der Waals surface area contributed by atoms with Crippen molar-refractivity contribution in [3.8, 4) is 0 Å². The van der Waals surface area contributed by atoms with E-state index in [1.54, 1.807) is 0 Å². The SMILES string of the molecule is CC(=Nc1ccccc1)C(C)=Nc1ccccc1.[CH3-].[Cl][Ni]. The molecule has 0 aliphatic carbocycles. The minimum absolute atomic E-state index is 0. The normalized spacial score (nSPS) is 11.1. The number of aliphatic imine (C=N–C) groups is 2. The number of hydrogen-bond acceptors (Lipinski definition) is 2. The third-order valence-corrected chi connectivity index (χ3v) is 2.63. The van der Waals surface area contributed by atoms with Gasteiger partial charge in [-0.05, 0) is 38.1 Å². The van der Waals surface area contributed by atoms with Crippen LogP contribution in [0.3, 0.4) is 0 Å². The molecule has 0 aliphatic heterocycles. The van der Waals surface area contributed by atoms with Gasteiger partial charge in [0, 0.05) is 0 Å². The molecule has 2 rings (SSSR count). The maximum atomic E-state index is 4.54. The van der Waals surface area contributed by atoms with Crippen molar-refractivity contribution in [2.24, 2.45) is 9.98 Å². The molecule has 0 spiro atoms. The van der Waals surface area contributed by atoms with Crippen LogP contribution in [0.2, 0.25) is 0 Å². The minimum atomic E-state index is 0. The van der Waals surface area contributed by atoms with Crippen LogP contribution in [0.5, 0.6) is 0 Å². The van der Waals surface area contributed by atoms with Crippen molar-refractivity contribution < 1.29 is 14.6 Å². The molecule has 0 unspecified atom stereocenters. The van der Waals surface area contributed by atoms with Gasteiger partial charge < -0.3 is 7.43 Å². The first-order valence-electron chi connectivity index (χ1n) is 6.09. The molecule has 0 radical (unpaired) electrons. The quantitative estimate of drug-likeness (QED) is 0.387. The Labute approximate surface area is 139 Å². The summed E-state index contributed by atoms with van der Waals surface area (Å²) in [5, 5.41) is 0. The average Bonchev–Trinajstić information content (AvgIpc) is 2.51. The fourth-order valence-corrected chi connectivity index (χ4v) is 1.55. The summed E-state index contributed by atoms with van der Waals surface area (Å²) in [6.07, 6.45) is 0. The molecule has 0 heterocycles. The molecule has 0 bridgehead atoms. The predicted molar refractivity (Wildman–Crippen MR) is 90.7 cm³/mol. The number of hydrogen-bond donors (Lipinski definition) is 0. The second-order valence-electron chi connectivity index (χ2n) is 4.07. The van der Waals surface area contributed by atoms with Crippen molar-refractivity contribution in [1.29, 1.82) is 0 Å². The summed E-state index contributed by atoms with van der Waals surface area (Å²) in [4.78, 5) is 9.08. The molecule has 0 saturated carbocycles. The Hall–Kier alpha value is -1.44. The van der Waals surface area contributed by atoms with Crippen LogP contribution in [0.25, 0.3) is 0 Å². The Morgan fingerprint density at radius 2 is 1.00 bits per heavy atom. The Bertz CT molecular complexity index is 512. The first-order valence-corrected chi connectivity index (χ1v) is 7.44. The summed E-state index contributed by atoms with van der Waals surface area (Å²) in [6, 6.07) is 19.8. The molecular formula is C17H19ClN2Ni-. The van der Waals surface area contributed by atoms with Crippen LogP contribution in [0, 0.1) is 7.43 Å². The Morgan fingerprint density at radius 3 is 1.29 bits per heavy atom. The van der Waals surface area contributed by atoms with Crippen molar-refractivity contribution in [1.82, 2.24) is 0 Å². The van der Waals surface area contributed by atoms with E-state index in [0.29, 0.717) is 0 Å². The van der Waals surface area contributed by atoms with Crippen LogP contribution in [0.15, 0.2) is 70.6 Å². The van der Waals surface area contributed by atoms with Crippen molar-refractivity contribution >= 4 is 33.0 Å². The molecule has 0 aliphatic rings. The summed E-state index contributed by atoms with van der Waals surface area (Å²) in [5.41, 5.74) is 3.78. The molecule has 0 N–H and O–H groups in total. The molecule has 2 aromatic carbocycles. The second-order valence-corrected chi connectivity index (χ2v) is 4.07. The van der Waals surface area contributed by atoms with Crippen molar-refractivity contribution in [3.63, 3.8) is 0 Å². The number of rotatable bonds is 3. The van der Waals surface area contributed by atoms with Crippen LogP contribution >= 0.6 is 10.2 Å². The third kappa shape index (κ3) is 7.22. The van der Waals surface area contributed by atoms with Crippen molar-refractivity contribution in [2.75, 3.05) is 0 Å². The van der Waals surface area contributed by atoms with Crippen LogP contribution < -0.4 is 0 Å². The third-order valence-electron chi connectivity index (χ3n) is 2.63. The van der Waals surface area contributed by atoms with Gasteiger partial charge in [0.2, 0.25) is 0 Å². The monoisotopic (exact) mass is 344 g/mol. The Balaban J connectivity index is 0.00000128. The van der Waals surface area contributed by atoms with Crippen molar-refractivity contribution in [3.05, 3.63) is 68.1 Å². The molecule has 21 heavy (non-hydrogen) atoms. The van der Waals surface area contributed by atoms with Gasteiger partial charge >= 0.3 is 24.8 Å². The van der Waals surface area contributed by atoms with Gasteiger partial charge in [0.15, 0.2) is 0 Å². The number of para-hydroxylation sites is 2. The van der Waals surface area contributed by atoms with Gasteiger partial charge in [-0.1, -0.05) is 36.4 Å². The van der Waals surface area contributed by atoms with Gasteiger partial charge in [0.05, 0.1) is 22.8 Å². The van der Waals surface area contributed by atoms with Gasteiger partial charge in [-0.2, -0.15) is 0 Å². The second kappa shape index (κ2) is 11.2. The molecule has 0 fully saturated rings. The molecule has 0 saturated heterocycles. The molecule has 0 aromatic heterocycles. The van der Waals surface area contributed by atoms with E-state index >= 15 is 0 Å². The molecule has 2 nitrogen and oxygen atoms in total. The van der Waals surface area contributed by atoms with E-state index in [0.717, 1.165) is 22.8 Å². The summed E-state index contributed by atoms with van der Waals surface area (Å²) >= 11 is 3.35. The Kier molecular flexibility index (Phi) is 10.5. The summed E-state index contributed by atoms with van der Waals surface area (Å²) in [7, 11) is 4.26. The zero-order valence-electron chi connectivity index (χ0n) is 12.4. The molecule has 115 valence electrons. The number of halogens is 1. The van der Waals surface area contributed by atoms with Gasteiger partial charge in [0.25, 0.3) is 0 Å². The molecular weight excluding hydrogens is 326 g/mol. The van der Waals surface area contributed by atoms with E-state index in [-0.39, 0.29) is 7.43 Å². The first kappa shape index (κ1) is 19.6. The van der Waals surface area contributed by atoms with Crippen LogP contribution in [0.4, 0.5) is 11.4 Å². The van der Waals surface area contributed by atoms with Gasteiger partial charge in [0.1, 0.15) is 0 Å².